The topological polar surface area (TPSA) is 38.3 Å². The highest BCUT2D eigenvalue weighted by Crippen LogP contribution is 2.26. The van der Waals surface area contributed by atoms with Gasteiger partial charge in [-0.15, -0.1) is 0 Å². The van der Waals surface area contributed by atoms with Gasteiger partial charge >= 0.3 is 5.97 Å². The maximum Gasteiger partial charge on any atom is 0.337 e. The van der Waals surface area contributed by atoms with E-state index in [9.17, 15) is 4.79 Å². The predicted molar refractivity (Wildman–Crippen MR) is 84.3 cm³/mol. The molecule has 0 atom stereocenters. The van der Waals surface area contributed by atoms with Crippen molar-refractivity contribution in [2.24, 2.45) is 0 Å². The molecule has 2 aromatic rings. The summed E-state index contributed by atoms with van der Waals surface area (Å²) in [5.41, 5.74) is 2.45. The standard InChI is InChI=1S/C15H13BrClNO2/c1-20-15(19)11-4-2-10(3-5-11)9-18-14-8-12(16)6-7-13(14)17/h2-8,18H,9H2,1H3. The van der Waals surface area contributed by atoms with E-state index in [1.165, 1.54) is 7.11 Å². The molecule has 0 aromatic heterocycles. The van der Waals surface area contributed by atoms with E-state index < -0.39 is 0 Å². The number of anilines is 1. The van der Waals surface area contributed by atoms with Gasteiger partial charge in [0.15, 0.2) is 0 Å². The van der Waals surface area contributed by atoms with Crippen LogP contribution in [-0.4, -0.2) is 13.1 Å². The Balaban J connectivity index is 2.04. The first-order chi connectivity index (χ1) is 9.60. The molecule has 0 radical (unpaired) electrons. The molecule has 2 rings (SSSR count). The van der Waals surface area contributed by atoms with E-state index in [2.05, 4.69) is 26.0 Å². The molecule has 0 saturated carbocycles. The number of esters is 1. The summed E-state index contributed by atoms with van der Waals surface area (Å²) >= 11 is 9.51. The van der Waals surface area contributed by atoms with Crippen molar-refractivity contribution in [3.63, 3.8) is 0 Å². The largest absolute Gasteiger partial charge is 0.465 e. The van der Waals surface area contributed by atoms with Gasteiger partial charge in [0.05, 0.1) is 23.4 Å². The van der Waals surface area contributed by atoms with Crippen molar-refractivity contribution in [2.75, 3.05) is 12.4 Å². The van der Waals surface area contributed by atoms with Gasteiger partial charge in [0, 0.05) is 11.0 Å². The van der Waals surface area contributed by atoms with Gasteiger partial charge in [-0.25, -0.2) is 4.79 Å². The molecule has 0 aliphatic heterocycles. The Hall–Kier alpha value is -1.52. The summed E-state index contributed by atoms with van der Waals surface area (Å²) < 4.78 is 5.62. The van der Waals surface area contributed by atoms with Crippen molar-refractivity contribution >= 4 is 39.2 Å². The normalized spacial score (nSPS) is 10.2. The number of rotatable bonds is 4. The van der Waals surface area contributed by atoms with Gasteiger partial charge in [-0.05, 0) is 35.9 Å². The van der Waals surface area contributed by atoms with Crippen molar-refractivity contribution in [1.29, 1.82) is 0 Å². The van der Waals surface area contributed by atoms with Gasteiger partial charge in [-0.3, -0.25) is 0 Å². The Morgan fingerprint density at radius 3 is 2.60 bits per heavy atom. The van der Waals surface area contributed by atoms with Crippen LogP contribution in [0.4, 0.5) is 5.69 Å². The number of benzene rings is 2. The second kappa shape index (κ2) is 6.77. The van der Waals surface area contributed by atoms with Crippen LogP contribution in [-0.2, 0) is 11.3 Å². The Bertz CT molecular complexity index is 614. The summed E-state index contributed by atoms with van der Waals surface area (Å²) in [5, 5.41) is 3.92. The number of halogens is 2. The maximum absolute atomic E-state index is 11.3. The second-order valence-corrected chi connectivity index (χ2v) is 5.49. The molecule has 3 nitrogen and oxygen atoms in total. The molecule has 0 unspecified atom stereocenters. The van der Waals surface area contributed by atoms with E-state index in [-0.39, 0.29) is 5.97 Å². The minimum Gasteiger partial charge on any atom is -0.465 e. The van der Waals surface area contributed by atoms with Gasteiger partial charge < -0.3 is 10.1 Å². The fourth-order valence-electron chi connectivity index (χ4n) is 1.71. The van der Waals surface area contributed by atoms with E-state index in [1.807, 2.05) is 30.3 Å². The first-order valence-electron chi connectivity index (χ1n) is 5.96. The molecule has 0 heterocycles. The Labute approximate surface area is 131 Å². The highest BCUT2D eigenvalue weighted by atomic mass is 79.9. The van der Waals surface area contributed by atoms with Gasteiger partial charge in [0.1, 0.15) is 0 Å². The lowest BCUT2D eigenvalue weighted by Crippen LogP contribution is -2.03. The average molecular weight is 355 g/mol. The number of methoxy groups -OCH3 is 1. The lowest BCUT2D eigenvalue weighted by Gasteiger charge is -2.09. The molecular weight excluding hydrogens is 342 g/mol. The van der Waals surface area contributed by atoms with Crippen LogP contribution in [0.25, 0.3) is 0 Å². The van der Waals surface area contributed by atoms with Crippen LogP contribution in [0.1, 0.15) is 15.9 Å². The summed E-state index contributed by atoms with van der Waals surface area (Å²) in [5.74, 6) is -0.334. The number of nitrogens with one attached hydrogen (secondary N) is 1. The third-order valence-corrected chi connectivity index (χ3v) is 3.61. The zero-order chi connectivity index (χ0) is 14.5. The predicted octanol–water partition coefficient (Wildman–Crippen LogP) is 4.50. The van der Waals surface area contributed by atoms with Crippen molar-refractivity contribution in [1.82, 2.24) is 0 Å². The minimum absolute atomic E-state index is 0.334. The third kappa shape index (κ3) is 3.74. The van der Waals surface area contributed by atoms with Crippen LogP contribution >= 0.6 is 27.5 Å². The molecule has 0 fully saturated rings. The van der Waals surface area contributed by atoms with Crippen molar-refractivity contribution in [2.45, 2.75) is 6.54 Å². The van der Waals surface area contributed by atoms with Gasteiger partial charge in [-0.2, -0.15) is 0 Å². The van der Waals surface area contributed by atoms with E-state index >= 15 is 0 Å². The minimum atomic E-state index is -0.334. The summed E-state index contributed by atoms with van der Waals surface area (Å²) in [6.45, 7) is 0.623. The molecule has 0 aliphatic carbocycles. The van der Waals surface area contributed by atoms with E-state index in [0.29, 0.717) is 17.1 Å². The maximum atomic E-state index is 11.3. The molecule has 0 bridgehead atoms. The highest BCUT2D eigenvalue weighted by molar-refractivity contribution is 9.10. The summed E-state index contributed by atoms with van der Waals surface area (Å²) in [6.07, 6.45) is 0. The van der Waals surface area contributed by atoms with Crippen molar-refractivity contribution < 1.29 is 9.53 Å². The Morgan fingerprint density at radius 1 is 1.25 bits per heavy atom. The van der Waals surface area contributed by atoms with Gasteiger partial charge in [0.25, 0.3) is 0 Å². The molecule has 20 heavy (non-hydrogen) atoms. The fourth-order valence-corrected chi connectivity index (χ4v) is 2.25. The highest BCUT2D eigenvalue weighted by Gasteiger charge is 2.05. The van der Waals surface area contributed by atoms with E-state index in [4.69, 9.17) is 11.6 Å². The summed E-state index contributed by atoms with van der Waals surface area (Å²) in [7, 11) is 1.37. The van der Waals surface area contributed by atoms with E-state index in [0.717, 1.165) is 15.7 Å². The van der Waals surface area contributed by atoms with Crippen LogP contribution in [0, 0.1) is 0 Å². The molecule has 0 aliphatic rings. The monoisotopic (exact) mass is 353 g/mol. The molecule has 104 valence electrons. The molecule has 2 aromatic carbocycles. The number of ether oxygens (including phenoxy) is 1. The van der Waals surface area contributed by atoms with Crippen molar-refractivity contribution in [3.8, 4) is 0 Å². The van der Waals surface area contributed by atoms with Crippen LogP contribution in [0.15, 0.2) is 46.9 Å². The quantitative estimate of drug-likeness (QED) is 0.822. The lowest BCUT2D eigenvalue weighted by atomic mass is 10.1. The third-order valence-electron chi connectivity index (χ3n) is 2.79. The molecule has 0 saturated heterocycles. The van der Waals surface area contributed by atoms with Crippen LogP contribution in [0.5, 0.6) is 0 Å². The fraction of sp³-hybridized carbons (Fsp3) is 0.133. The molecule has 0 spiro atoms. The Kier molecular flexibility index (Phi) is 5.04. The van der Waals surface area contributed by atoms with Crippen LogP contribution < -0.4 is 5.32 Å². The Morgan fingerprint density at radius 2 is 1.95 bits per heavy atom. The molecule has 0 amide bonds. The molecular formula is C15H13BrClNO2. The zero-order valence-electron chi connectivity index (χ0n) is 10.8. The van der Waals surface area contributed by atoms with Crippen LogP contribution in [0.3, 0.4) is 0 Å². The molecule has 5 heteroatoms. The van der Waals surface area contributed by atoms with Gasteiger partial charge in [-0.1, -0.05) is 39.7 Å². The van der Waals surface area contributed by atoms with Crippen molar-refractivity contribution in [3.05, 3.63) is 63.1 Å². The number of carbonyl (C=O) groups is 1. The number of hydrogen-bond acceptors (Lipinski definition) is 3. The van der Waals surface area contributed by atoms with Crippen LogP contribution in [0.2, 0.25) is 5.02 Å². The lowest BCUT2D eigenvalue weighted by molar-refractivity contribution is 0.0600. The molecule has 1 N–H and O–H groups in total. The summed E-state index contributed by atoms with van der Waals surface area (Å²) in [4.78, 5) is 11.3. The number of hydrogen-bond donors (Lipinski definition) is 1. The second-order valence-electron chi connectivity index (χ2n) is 4.17. The first kappa shape index (κ1) is 14.9. The average Bonchev–Trinajstić information content (AvgIpc) is 2.48. The zero-order valence-corrected chi connectivity index (χ0v) is 13.2. The SMILES string of the molecule is COC(=O)c1ccc(CNc2cc(Br)ccc2Cl)cc1. The first-order valence-corrected chi connectivity index (χ1v) is 7.13. The summed E-state index contributed by atoms with van der Waals surface area (Å²) in [6, 6.07) is 12.9. The van der Waals surface area contributed by atoms with Gasteiger partial charge in [0.2, 0.25) is 0 Å². The smallest absolute Gasteiger partial charge is 0.337 e. The number of carbonyl (C=O) groups excluding carboxylic acids is 1. The van der Waals surface area contributed by atoms with E-state index in [1.54, 1.807) is 12.1 Å².